The van der Waals surface area contributed by atoms with Crippen LogP contribution < -0.4 is 0 Å². The lowest BCUT2D eigenvalue weighted by atomic mass is 9.88. The summed E-state index contributed by atoms with van der Waals surface area (Å²) in [6, 6.07) is 0. The number of ether oxygens (including phenoxy) is 2. The first-order valence-corrected chi connectivity index (χ1v) is 28.0. The summed E-state index contributed by atoms with van der Waals surface area (Å²) < 4.78 is 12.5. The van der Waals surface area contributed by atoms with Crippen molar-refractivity contribution >= 4 is 11.9 Å². The standard InChI is InChI=1S/C57H105NO4/c1-6-9-12-14-20-27-34-48-45-50(48)36-29-22-16-18-24-31-38-53(39-32-25-19-17-23-30-37-51-46-49(51)35-28-21-15-13-10-7-2)61-57(60)47-52-42-43-55(54(52)40-26-11-8-3)62-56(59)41-33-44-58(4)5/h11,26,48-55H,6-10,12-25,27-47H2,1-5H3/b26-11-. The number of carbonyl (C=O) groups is 2. The van der Waals surface area contributed by atoms with Crippen LogP contribution in [0.3, 0.4) is 0 Å². The monoisotopic (exact) mass is 868 g/mol. The Hall–Kier alpha value is -1.36. The summed E-state index contributed by atoms with van der Waals surface area (Å²) in [5.74, 6) is 4.50. The predicted octanol–water partition coefficient (Wildman–Crippen LogP) is 16.9. The van der Waals surface area contributed by atoms with Gasteiger partial charge < -0.3 is 14.4 Å². The van der Waals surface area contributed by atoms with E-state index in [0.717, 1.165) is 75.2 Å². The molecule has 0 heterocycles. The van der Waals surface area contributed by atoms with Gasteiger partial charge in [0.2, 0.25) is 0 Å². The van der Waals surface area contributed by atoms with Crippen LogP contribution in [0, 0.1) is 35.5 Å². The van der Waals surface area contributed by atoms with Gasteiger partial charge in [-0.3, -0.25) is 9.59 Å². The summed E-state index contributed by atoms with van der Waals surface area (Å²) >= 11 is 0. The Morgan fingerprint density at radius 1 is 0.532 bits per heavy atom. The van der Waals surface area contributed by atoms with Gasteiger partial charge in [0.05, 0.1) is 0 Å². The highest BCUT2D eigenvalue weighted by molar-refractivity contribution is 5.70. The minimum absolute atomic E-state index is 0.0211. The number of carbonyl (C=O) groups excluding carboxylic acids is 2. The first-order valence-electron chi connectivity index (χ1n) is 28.0. The quantitative estimate of drug-likeness (QED) is 0.0347. The van der Waals surface area contributed by atoms with Gasteiger partial charge in [-0.15, -0.1) is 0 Å². The van der Waals surface area contributed by atoms with E-state index in [1.165, 1.54) is 193 Å². The van der Waals surface area contributed by atoms with Crippen molar-refractivity contribution in [3.05, 3.63) is 12.2 Å². The molecule has 0 N–H and O–H groups in total. The Bertz CT molecular complexity index is 1070. The van der Waals surface area contributed by atoms with Crippen LogP contribution in [0.15, 0.2) is 12.2 Å². The molecular weight excluding hydrogens is 763 g/mol. The van der Waals surface area contributed by atoms with Crippen LogP contribution in [0.5, 0.6) is 0 Å². The van der Waals surface area contributed by atoms with Crippen LogP contribution in [0.1, 0.15) is 271 Å². The minimum atomic E-state index is -0.0939. The zero-order chi connectivity index (χ0) is 44.5. The van der Waals surface area contributed by atoms with Crippen molar-refractivity contribution in [2.75, 3.05) is 20.6 Å². The minimum Gasteiger partial charge on any atom is -0.462 e. The van der Waals surface area contributed by atoms with Gasteiger partial charge in [-0.05, 0) is 121 Å². The summed E-state index contributed by atoms with van der Waals surface area (Å²) in [6.45, 7) is 7.66. The molecule has 7 atom stereocenters. The Balaban J connectivity index is 1.35. The summed E-state index contributed by atoms with van der Waals surface area (Å²) in [7, 11) is 4.08. The molecule has 0 aromatic heterocycles. The van der Waals surface area contributed by atoms with Crippen LogP contribution in [0.4, 0.5) is 0 Å². The number of allylic oxidation sites excluding steroid dienone is 2. The lowest BCUT2D eigenvalue weighted by Crippen LogP contribution is -2.27. The number of nitrogens with zero attached hydrogens (tertiary/aromatic N) is 1. The third-order valence-electron chi connectivity index (χ3n) is 15.4. The van der Waals surface area contributed by atoms with Gasteiger partial charge >= 0.3 is 11.9 Å². The lowest BCUT2D eigenvalue weighted by Gasteiger charge is -2.25. The van der Waals surface area contributed by atoms with Gasteiger partial charge in [-0.2, -0.15) is 0 Å². The molecule has 362 valence electrons. The number of rotatable bonds is 43. The maximum absolute atomic E-state index is 13.7. The zero-order valence-corrected chi connectivity index (χ0v) is 42.1. The van der Waals surface area contributed by atoms with E-state index in [-0.39, 0.29) is 36.0 Å². The second kappa shape index (κ2) is 35.8. The van der Waals surface area contributed by atoms with Crippen LogP contribution in [0.25, 0.3) is 0 Å². The molecule has 3 aliphatic rings. The maximum Gasteiger partial charge on any atom is 0.306 e. The molecule has 5 heteroatoms. The van der Waals surface area contributed by atoms with Crippen molar-refractivity contribution in [1.29, 1.82) is 0 Å². The van der Waals surface area contributed by atoms with Crippen LogP contribution in [-0.2, 0) is 19.1 Å². The average molecular weight is 868 g/mol. The van der Waals surface area contributed by atoms with Crippen molar-refractivity contribution in [1.82, 2.24) is 4.90 Å². The topological polar surface area (TPSA) is 55.8 Å². The van der Waals surface area contributed by atoms with E-state index in [1.54, 1.807) is 0 Å². The van der Waals surface area contributed by atoms with E-state index in [9.17, 15) is 9.59 Å². The Morgan fingerprint density at radius 2 is 0.984 bits per heavy atom. The fourth-order valence-corrected chi connectivity index (χ4v) is 11.1. The predicted molar refractivity (Wildman–Crippen MR) is 265 cm³/mol. The molecule has 62 heavy (non-hydrogen) atoms. The van der Waals surface area contributed by atoms with Crippen LogP contribution in [0.2, 0.25) is 0 Å². The molecule has 0 radical (unpaired) electrons. The lowest BCUT2D eigenvalue weighted by molar-refractivity contribution is -0.152. The maximum atomic E-state index is 13.7. The van der Waals surface area contributed by atoms with Crippen molar-refractivity contribution in [3.63, 3.8) is 0 Å². The number of hydrogen-bond acceptors (Lipinski definition) is 5. The molecule has 3 aliphatic carbocycles. The fourth-order valence-electron chi connectivity index (χ4n) is 11.1. The second-order valence-corrected chi connectivity index (χ2v) is 21.4. The van der Waals surface area contributed by atoms with Crippen molar-refractivity contribution < 1.29 is 19.1 Å². The van der Waals surface area contributed by atoms with E-state index in [1.807, 2.05) is 14.1 Å². The molecule has 0 aliphatic heterocycles. The summed E-state index contributed by atoms with van der Waals surface area (Å²) in [5.41, 5.74) is 0. The Labute approximate surface area is 386 Å². The van der Waals surface area contributed by atoms with Crippen LogP contribution in [-0.4, -0.2) is 49.7 Å². The number of unbranched alkanes of at least 4 members (excludes halogenated alkanes) is 20. The van der Waals surface area contributed by atoms with Crippen molar-refractivity contribution in [3.8, 4) is 0 Å². The van der Waals surface area contributed by atoms with Gasteiger partial charge in [0.15, 0.2) is 0 Å². The number of hydrogen-bond donors (Lipinski definition) is 0. The van der Waals surface area contributed by atoms with E-state index in [4.69, 9.17) is 9.47 Å². The third-order valence-corrected chi connectivity index (χ3v) is 15.4. The molecule has 0 bridgehead atoms. The first-order chi connectivity index (χ1) is 30.3. The smallest absolute Gasteiger partial charge is 0.306 e. The molecule has 7 unspecified atom stereocenters. The van der Waals surface area contributed by atoms with Gasteiger partial charge in [0.25, 0.3) is 0 Å². The molecule has 0 aromatic rings. The van der Waals surface area contributed by atoms with Crippen molar-refractivity contribution in [2.24, 2.45) is 35.5 Å². The molecule has 0 saturated heterocycles. The van der Waals surface area contributed by atoms with Gasteiger partial charge in [0, 0.05) is 18.8 Å². The fraction of sp³-hybridized carbons (Fsp3) is 0.930. The molecule has 3 rings (SSSR count). The highest BCUT2D eigenvalue weighted by Gasteiger charge is 2.39. The molecule has 0 spiro atoms. The van der Waals surface area contributed by atoms with E-state index >= 15 is 0 Å². The zero-order valence-electron chi connectivity index (χ0n) is 42.1. The third kappa shape index (κ3) is 27.2. The second-order valence-electron chi connectivity index (χ2n) is 21.4. The van der Waals surface area contributed by atoms with Gasteiger partial charge in [-0.1, -0.05) is 200 Å². The highest BCUT2D eigenvalue weighted by atomic mass is 16.5. The molecule has 3 saturated carbocycles. The average Bonchev–Trinajstić information content (AvgIpc) is 4.16. The number of esters is 2. The molecule has 5 nitrogen and oxygen atoms in total. The Kier molecular flexibility index (Phi) is 31.8. The Morgan fingerprint density at radius 3 is 1.44 bits per heavy atom. The van der Waals surface area contributed by atoms with Gasteiger partial charge in [0.1, 0.15) is 12.2 Å². The SMILES string of the molecule is CC/C=C\CC1C(CC(=O)OC(CCCCCCCCC2CC2CCCCCCCC)CCCCCCCCC2CC2CCCCCCCC)CCC1OC(=O)CCCN(C)C. The summed E-state index contributed by atoms with van der Waals surface area (Å²) in [5, 5.41) is 0. The van der Waals surface area contributed by atoms with E-state index in [2.05, 4.69) is 37.8 Å². The van der Waals surface area contributed by atoms with Crippen molar-refractivity contribution in [2.45, 2.75) is 283 Å². The van der Waals surface area contributed by atoms with E-state index < -0.39 is 0 Å². The molecular formula is C57H105NO4. The van der Waals surface area contributed by atoms with Gasteiger partial charge in [-0.25, -0.2) is 0 Å². The largest absolute Gasteiger partial charge is 0.462 e. The first kappa shape index (κ1) is 55.0. The van der Waals surface area contributed by atoms with Crippen LogP contribution >= 0.6 is 0 Å². The molecule has 0 amide bonds. The van der Waals surface area contributed by atoms with E-state index in [0.29, 0.717) is 12.8 Å². The summed E-state index contributed by atoms with van der Waals surface area (Å²) in [4.78, 5) is 28.6. The molecule has 3 fully saturated rings. The summed E-state index contributed by atoms with van der Waals surface area (Å²) in [6.07, 6.45) is 53.7. The molecule has 0 aromatic carbocycles. The highest BCUT2D eigenvalue weighted by Crippen LogP contribution is 2.47. The normalized spacial score (nSPS) is 23.7.